The molecule has 0 radical (unpaired) electrons. The molecule has 4 aromatic rings. The lowest BCUT2D eigenvalue weighted by Crippen LogP contribution is -2.25. The van der Waals surface area contributed by atoms with Crippen molar-refractivity contribution in [2.24, 2.45) is 5.92 Å². The molecule has 0 saturated carbocycles. The Morgan fingerprint density at radius 2 is 2.00 bits per heavy atom. The molecule has 2 aromatic carbocycles. The summed E-state index contributed by atoms with van der Waals surface area (Å²) in [4.78, 5) is 37.5. The Labute approximate surface area is 192 Å². The van der Waals surface area contributed by atoms with Crippen LogP contribution in [0.1, 0.15) is 24.2 Å². The summed E-state index contributed by atoms with van der Waals surface area (Å²) in [6, 6.07) is 12.3. The fourth-order valence-corrected chi connectivity index (χ4v) is 4.66. The minimum atomic E-state index is -0.254. The molecule has 3 heterocycles. The number of amides is 1. The number of nitrogens with one attached hydrogen (secondary N) is 1. The van der Waals surface area contributed by atoms with E-state index in [1.54, 1.807) is 28.8 Å². The molecular weight excluding hydrogens is 442 g/mol. The van der Waals surface area contributed by atoms with Crippen molar-refractivity contribution >= 4 is 45.8 Å². The zero-order valence-electron chi connectivity index (χ0n) is 18.1. The number of para-hydroxylation sites is 1. The van der Waals surface area contributed by atoms with Crippen molar-refractivity contribution in [3.8, 4) is 5.75 Å². The van der Waals surface area contributed by atoms with Gasteiger partial charge in [0.05, 0.1) is 22.3 Å². The van der Waals surface area contributed by atoms with Gasteiger partial charge < -0.3 is 10.1 Å². The third kappa shape index (κ3) is 3.86. The summed E-state index contributed by atoms with van der Waals surface area (Å²) in [6.07, 6.45) is 0. The monoisotopic (exact) mass is 463 g/mol. The van der Waals surface area contributed by atoms with Gasteiger partial charge in [0.1, 0.15) is 5.75 Å². The molecule has 33 heavy (non-hydrogen) atoms. The fraction of sp³-hybridized carbons (Fsp3) is 0.261. The maximum Gasteiger partial charge on any atom is 0.262 e. The largest absolute Gasteiger partial charge is 0.482 e. The highest BCUT2D eigenvalue weighted by atomic mass is 32.2. The maximum absolute atomic E-state index is 13.1. The first kappa shape index (κ1) is 21.2. The van der Waals surface area contributed by atoms with E-state index in [9.17, 15) is 14.4 Å². The first-order chi connectivity index (χ1) is 15.9. The Hall–Kier alpha value is -3.66. The lowest BCUT2D eigenvalue weighted by atomic mass is 10.1. The van der Waals surface area contributed by atoms with Gasteiger partial charge in [-0.3, -0.25) is 23.4 Å². The summed E-state index contributed by atoms with van der Waals surface area (Å²) < 4.78 is 8.82. The van der Waals surface area contributed by atoms with E-state index in [4.69, 9.17) is 4.74 Å². The molecule has 0 fully saturated rings. The second-order valence-electron chi connectivity index (χ2n) is 8.20. The number of hydrogen-bond donors (Lipinski definition) is 1. The van der Waals surface area contributed by atoms with Crippen molar-refractivity contribution in [1.29, 1.82) is 0 Å². The number of nitrogens with zero attached hydrogens (tertiary/aromatic N) is 4. The predicted octanol–water partition coefficient (Wildman–Crippen LogP) is 3.01. The molecule has 5 rings (SSSR count). The maximum atomic E-state index is 13.1. The summed E-state index contributed by atoms with van der Waals surface area (Å²) in [7, 11) is 0. The molecule has 1 aliphatic heterocycles. The second-order valence-corrected chi connectivity index (χ2v) is 9.15. The number of Topliss-reactive ketones (excluding diaryl/α,β-unsaturated/α-hetero) is 1. The lowest BCUT2D eigenvalue weighted by Gasteiger charge is -2.18. The van der Waals surface area contributed by atoms with Gasteiger partial charge in [0.2, 0.25) is 5.78 Å². The van der Waals surface area contributed by atoms with Crippen LogP contribution in [0, 0.1) is 5.92 Å². The molecule has 0 atom stereocenters. The number of carbonyl (C=O) groups is 2. The summed E-state index contributed by atoms with van der Waals surface area (Å²) in [6.45, 7) is 4.55. The predicted molar refractivity (Wildman–Crippen MR) is 125 cm³/mol. The number of hydrogen-bond acceptors (Lipinski definition) is 7. The Kier molecular flexibility index (Phi) is 5.37. The van der Waals surface area contributed by atoms with Crippen LogP contribution in [0.25, 0.3) is 16.7 Å². The van der Waals surface area contributed by atoms with Crippen LogP contribution in [0.15, 0.2) is 52.4 Å². The van der Waals surface area contributed by atoms with Crippen LogP contribution in [0.2, 0.25) is 0 Å². The number of fused-ring (bicyclic) bond motifs is 4. The Morgan fingerprint density at radius 1 is 1.18 bits per heavy atom. The van der Waals surface area contributed by atoms with Gasteiger partial charge in [-0.2, -0.15) is 0 Å². The van der Waals surface area contributed by atoms with E-state index in [0.717, 1.165) is 0 Å². The van der Waals surface area contributed by atoms with Crippen LogP contribution in [0.4, 0.5) is 5.69 Å². The van der Waals surface area contributed by atoms with E-state index < -0.39 is 0 Å². The summed E-state index contributed by atoms with van der Waals surface area (Å²) in [5.41, 5.74) is 1.54. The lowest BCUT2D eigenvalue weighted by molar-refractivity contribution is -0.118. The first-order valence-corrected chi connectivity index (χ1v) is 11.5. The van der Waals surface area contributed by atoms with Gasteiger partial charge in [-0.1, -0.05) is 37.7 Å². The van der Waals surface area contributed by atoms with Gasteiger partial charge in [0, 0.05) is 12.1 Å². The van der Waals surface area contributed by atoms with Crippen LogP contribution in [-0.4, -0.2) is 43.2 Å². The van der Waals surface area contributed by atoms with E-state index in [2.05, 4.69) is 15.5 Å². The van der Waals surface area contributed by atoms with Crippen LogP contribution in [-0.2, 0) is 11.3 Å². The summed E-state index contributed by atoms with van der Waals surface area (Å²) in [5, 5.41) is 12.4. The normalized spacial score (nSPS) is 13.2. The number of thioether (sulfide) groups is 1. The van der Waals surface area contributed by atoms with Crippen LogP contribution in [0.3, 0.4) is 0 Å². The SMILES string of the molecule is CC(C)Cn1c(=O)c2ccccc2n2c(SCC(=O)c3ccc4c(c3)NC(=O)CO4)nnc12. The Bertz CT molecular complexity index is 1470. The molecule has 1 aliphatic rings. The van der Waals surface area contributed by atoms with Crippen molar-refractivity contribution < 1.29 is 14.3 Å². The topological polar surface area (TPSA) is 108 Å². The molecule has 1 amide bonds. The Morgan fingerprint density at radius 3 is 2.82 bits per heavy atom. The Balaban J connectivity index is 1.48. The van der Waals surface area contributed by atoms with Gasteiger partial charge in [-0.15, -0.1) is 10.2 Å². The fourth-order valence-electron chi connectivity index (χ4n) is 3.83. The van der Waals surface area contributed by atoms with Crippen LogP contribution >= 0.6 is 11.8 Å². The van der Waals surface area contributed by atoms with E-state index >= 15 is 0 Å². The average molecular weight is 464 g/mol. The zero-order valence-corrected chi connectivity index (χ0v) is 18.9. The molecule has 0 unspecified atom stereocenters. The van der Waals surface area contributed by atoms with Crippen molar-refractivity contribution in [3.05, 3.63) is 58.4 Å². The van der Waals surface area contributed by atoms with Gasteiger partial charge in [-0.05, 0) is 36.2 Å². The van der Waals surface area contributed by atoms with Crippen molar-refractivity contribution in [3.63, 3.8) is 0 Å². The molecule has 10 heteroatoms. The highest BCUT2D eigenvalue weighted by Crippen LogP contribution is 2.29. The standard InChI is InChI=1S/C23H21N5O4S/c1-13(2)10-27-21(31)15-5-3-4-6-17(15)28-22(27)25-26-23(28)33-12-18(29)14-7-8-19-16(9-14)24-20(30)11-32-19/h3-9,13H,10-12H2,1-2H3,(H,24,30). The number of aromatic nitrogens is 4. The van der Waals surface area contributed by atoms with Gasteiger partial charge in [-0.25, -0.2) is 0 Å². The summed E-state index contributed by atoms with van der Waals surface area (Å²) in [5.74, 6) is 0.977. The number of ketones is 1. The number of ether oxygens (including phenoxy) is 1. The third-order valence-corrected chi connectivity index (χ3v) is 6.22. The van der Waals surface area contributed by atoms with Gasteiger partial charge in [0.15, 0.2) is 17.5 Å². The number of carbonyl (C=O) groups excluding carboxylic acids is 2. The number of benzene rings is 2. The molecular formula is C23H21N5O4S. The molecule has 9 nitrogen and oxygen atoms in total. The highest BCUT2D eigenvalue weighted by Gasteiger charge is 2.20. The minimum Gasteiger partial charge on any atom is -0.482 e. The van der Waals surface area contributed by atoms with E-state index in [0.29, 0.717) is 45.4 Å². The average Bonchev–Trinajstić information content (AvgIpc) is 3.23. The van der Waals surface area contributed by atoms with E-state index in [1.165, 1.54) is 11.8 Å². The summed E-state index contributed by atoms with van der Waals surface area (Å²) >= 11 is 1.25. The van der Waals surface area contributed by atoms with Gasteiger partial charge >= 0.3 is 0 Å². The van der Waals surface area contributed by atoms with Crippen LogP contribution in [0.5, 0.6) is 5.75 Å². The molecule has 0 spiro atoms. The second kappa shape index (κ2) is 8.36. The van der Waals surface area contributed by atoms with Gasteiger partial charge in [0.25, 0.3) is 11.5 Å². The molecule has 1 N–H and O–H groups in total. The molecule has 0 bridgehead atoms. The molecule has 168 valence electrons. The van der Waals surface area contributed by atoms with Crippen molar-refractivity contribution in [2.45, 2.75) is 25.5 Å². The first-order valence-electron chi connectivity index (χ1n) is 10.5. The number of rotatable bonds is 6. The van der Waals surface area contributed by atoms with E-state index in [-0.39, 0.29) is 35.5 Å². The van der Waals surface area contributed by atoms with Crippen molar-refractivity contribution in [1.82, 2.24) is 19.2 Å². The van der Waals surface area contributed by atoms with E-state index in [1.807, 2.05) is 36.4 Å². The highest BCUT2D eigenvalue weighted by molar-refractivity contribution is 7.99. The quantitative estimate of drug-likeness (QED) is 0.346. The van der Waals surface area contributed by atoms with Crippen LogP contribution < -0.4 is 15.6 Å². The van der Waals surface area contributed by atoms with Crippen molar-refractivity contribution in [2.75, 3.05) is 17.7 Å². The zero-order chi connectivity index (χ0) is 23.1. The number of anilines is 1. The third-order valence-electron chi connectivity index (χ3n) is 5.29. The molecule has 2 aromatic heterocycles. The minimum absolute atomic E-state index is 0.0358. The molecule has 0 aliphatic carbocycles. The molecule has 0 saturated heterocycles. The smallest absolute Gasteiger partial charge is 0.262 e.